The number of halogens is 1. The van der Waals surface area contributed by atoms with Gasteiger partial charge in [0.25, 0.3) is 0 Å². The fourth-order valence-corrected chi connectivity index (χ4v) is 2.57. The second-order valence-electron chi connectivity index (χ2n) is 6.03. The van der Waals surface area contributed by atoms with Crippen LogP contribution in [0.3, 0.4) is 0 Å². The lowest BCUT2D eigenvalue weighted by Crippen LogP contribution is -2.11. The van der Waals surface area contributed by atoms with Crippen LogP contribution in [0.15, 0.2) is 12.3 Å². The summed E-state index contributed by atoms with van der Waals surface area (Å²) in [5.74, 6) is 0.703. The predicted molar refractivity (Wildman–Crippen MR) is 87.1 cm³/mol. The van der Waals surface area contributed by atoms with Crippen molar-refractivity contribution in [2.45, 2.75) is 52.1 Å². The molecule has 0 unspecified atom stereocenters. The Morgan fingerprint density at radius 2 is 2.05 bits per heavy atom. The maximum Gasteiger partial charge on any atom is 0.0825 e. The minimum Gasteiger partial charge on any atom is -0.377 e. The summed E-state index contributed by atoms with van der Waals surface area (Å²) >= 11 is 0. The van der Waals surface area contributed by atoms with E-state index in [-0.39, 0.29) is 12.4 Å². The summed E-state index contributed by atoms with van der Waals surface area (Å²) in [5.41, 5.74) is 4.64. The quantitative estimate of drug-likeness (QED) is 0.920. The third kappa shape index (κ3) is 3.40. The second-order valence-corrected chi connectivity index (χ2v) is 6.03. The molecule has 0 saturated heterocycles. The molecule has 0 amide bonds. The van der Waals surface area contributed by atoms with Gasteiger partial charge in [-0.3, -0.25) is 9.36 Å². The SMILES string of the molecule is Cc1nn(C)cc1NCc1cc(C2CC2)nn1C(C)C.Cl. The van der Waals surface area contributed by atoms with Gasteiger partial charge in [-0.15, -0.1) is 12.4 Å². The van der Waals surface area contributed by atoms with Gasteiger partial charge in [0.1, 0.15) is 0 Å². The summed E-state index contributed by atoms with van der Waals surface area (Å²) in [6.45, 7) is 7.19. The Morgan fingerprint density at radius 3 is 2.57 bits per heavy atom. The third-order valence-electron chi connectivity index (χ3n) is 3.79. The first-order valence-corrected chi connectivity index (χ1v) is 7.37. The largest absolute Gasteiger partial charge is 0.377 e. The van der Waals surface area contributed by atoms with Gasteiger partial charge in [0.2, 0.25) is 0 Å². The Kier molecular flexibility index (Phi) is 4.61. The van der Waals surface area contributed by atoms with Crippen molar-refractivity contribution in [1.82, 2.24) is 19.6 Å². The zero-order valence-electron chi connectivity index (χ0n) is 13.1. The van der Waals surface area contributed by atoms with E-state index >= 15 is 0 Å². The van der Waals surface area contributed by atoms with E-state index in [1.165, 1.54) is 24.2 Å². The predicted octanol–water partition coefficient (Wildman–Crippen LogP) is 3.42. The molecule has 1 fully saturated rings. The van der Waals surface area contributed by atoms with Gasteiger partial charge in [0, 0.05) is 25.2 Å². The van der Waals surface area contributed by atoms with Crippen LogP contribution in [-0.2, 0) is 13.6 Å². The highest BCUT2D eigenvalue weighted by molar-refractivity contribution is 5.85. The lowest BCUT2D eigenvalue weighted by Gasteiger charge is -2.11. The summed E-state index contributed by atoms with van der Waals surface area (Å²) in [5, 5.41) is 12.6. The van der Waals surface area contributed by atoms with Crippen molar-refractivity contribution in [3.05, 3.63) is 29.3 Å². The molecule has 0 aliphatic heterocycles. The number of rotatable bonds is 5. The van der Waals surface area contributed by atoms with Crippen molar-refractivity contribution in [1.29, 1.82) is 0 Å². The monoisotopic (exact) mass is 309 g/mol. The molecule has 0 radical (unpaired) electrons. The number of nitrogens with one attached hydrogen (secondary N) is 1. The van der Waals surface area contributed by atoms with Crippen LogP contribution in [0.1, 0.15) is 55.7 Å². The fourth-order valence-electron chi connectivity index (χ4n) is 2.57. The normalized spacial score (nSPS) is 14.3. The van der Waals surface area contributed by atoms with Crippen molar-refractivity contribution in [3.63, 3.8) is 0 Å². The lowest BCUT2D eigenvalue weighted by atomic mass is 10.2. The topological polar surface area (TPSA) is 47.7 Å². The minimum absolute atomic E-state index is 0. The maximum atomic E-state index is 4.77. The highest BCUT2D eigenvalue weighted by atomic mass is 35.5. The van der Waals surface area contributed by atoms with E-state index in [0.717, 1.165) is 17.9 Å². The van der Waals surface area contributed by atoms with E-state index in [4.69, 9.17) is 5.10 Å². The molecule has 1 N–H and O–H groups in total. The van der Waals surface area contributed by atoms with Crippen LogP contribution in [0.4, 0.5) is 5.69 Å². The molecule has 6 heteroatoms. The summed E-state index contributed by atoms with van der Waals surface area (Å²) in [6.07, 6.45) is 4.61. The molecule has 21 heavy (non-hydrogen) atoms. The Hall–Kier alpha value is -1.49. The van der Waals surface area contributed by atoms with E-state index in [1.807, 2.05) is 24.9 Å². The highest BCUT2D eigenvalue weighted by Gasteiger charge is 2.27. The van der Waals surface area contributed by atoms with Crippen LogP contribution in [0.2, 0.25) is 0 Å². The van der Waals surface area contributed by atoms with Crippen molar-refractivity contribution in [2.24, 2.45) is 7.05 Å². The number of hydrogen-bond donors (Lipinski definition) is 1. The first kappa shape index (κ1) is 15.9. The molecule has 0 bridgehead atoms. The van der Waals surface area contributed by atoms with Crippen LogP contribution >= 0.6 is 12.4 Å². The number of aromatic nitrogens is 4. The van der Waals surface area contributed by atoms with Gasteiger partial charge in [-0.1, -0.05) is 0 Å². The van der Waals surface area contributed by atoms with Crippen molar-refractivity contribution < 1.29 is 0 Å². The van der Waals surface area contributed by atoms with E-state index < -0.39 is 0 Å². The van der Waals surface area contributed by atoms with Gasteiger partial charge >= 0.3 is 0 Å². The molecule has 1 aliphatic rings. The average Bonchev–Trinajstić information content (AvgIpc) is 3.06. The first-order valence-electron chi connectivity index (χ1n) is 7.37. The molecule has 3 rings (SSSR count). The number of anilines is 1. The van der Waals surface area contributed by atoms with Gasteiger partial charge < -0.3 is 5.32 Å². The standard InChI is InChI=1S/C15H23N5.ClH/c1-10(2)20-13(7-14(18-20)12-5-6-12)8-16-15-9-19(4)17-11(15)3;/h7,9-10,12,16H,5-6,8H2,1-4H3;1H. The Morgan fingerprint density at radius 1 is 1.33 bits per heavy atom. The first-order chi connectivity index (χ1) is 9.54. The Balaban J connectivity index is 0.00000161. The molecule has 2 heterocycles. The van der Waals surface area contributed by atoms with Gasteiger partial charge in [0.15, 0.2) is 0 Å². The van der Waals surface area contributed by atoms with Gasteiger partial charge in [-0.05, 0) is 39.7 Å². The smallest absolute Gasteiger partial charge is 0.0825 e. The third-order valence-corrected chi connectivity index (χ3v) is 3.79. The van der Waals surface area contributed by atoms with Crippen molar-refractivity contribution in [3.8, 4) is 0 Å². The van der Waals surface area contributed by atoms with Crippen molar-refractivity contribution >= 4 is 18.1 Å². The van der Waals surface area contributed by atoms with E-state index in [0.29, 0.717) is 12.0 Å². The van der Waals surface area contributed by atoms with Crippen LogP contribution < -0.4 is 5.32 Å². The van der Waals surface area contributed by atoms with Crippen LogP contribution in [0, 0.1) is 6.92 Å². The van der Waals surface area contributed by atoms with E-state index in [2.05, 4.69) is 35.0 Å². The molecule has 5 nitrogen and oxygen atoms in total. The molecule has 2 aromatic rings. The number of nitrogens with zero attached hydrogens (tertiary/aromatic N) is 4. The molecular weight excluding hydrogens is 286 g/mol. The summed E-state index contributed by atoms with van der Waals surface area (Å²) in [6, 6.07) is 2.66. The fraction of sp³-hybridized carbons (Fsp3) is 0.600. The molecule has 0 aromatic carbocycles. The van der Waals surface area contributed by atoms with Gasteiger partial charge in [0.05, 0.1) is 29.3 Å². The van der Waals surface area contributed by atoms with E-state index in [1.54, 1.807) is 0 Å². The zero-order valence-corrected chi connectivity index (χ0v) is 13.9. The maximum absolute atomic E-state index is 4.77. The van der Waals surface area contributed by atoms with Crippen LogP contribution in [0.25, 0.3) is 0 Å². The molecular formula is C15H24ClN5. The number of hydrogen-bond acceptors (Lipinski definition) is 3. The van der Waals surface area contributed by atoms with Gasteiger partial charge in [-0.2, -0.15) is 10.2 Å². The lowest BCUT2D eigenvalue weighted by molar-refractivity contribution is 0.507. The molecule has 1 saturated carbocycles. The zero-order chi connectivity index (χ0) is 14.3. The molecule has 0 atom stereocenters. The summed E-state index contributed by atoms with van der Waals surface area (Å²) in [7, 11) is 1.95. The Bertz CT molecular complexity index is 610. The number of aryl methyl sites for hydroxylation is 2. The van der Waals surface area contributed by atoms with E-state index in [9.17, 15) is 0 Å². The summed E-state index contributed by atoms with van der Waals surface area (Å²) in [4.78, 5) is 0. The molecule has 1 aliphatic carbocycles. The highest BCUT2D eigenvalue weighted by Crippen LogP contribution is 2.39. The average molecular weight is 310 g/mol. The van der Waals surface area contributed by atoms with Crippen molar-refractivity contribution in [2.75, 3.05) is 5.32 Å². The van der Waals surface area contributed by atoms with Gasteiger partial charge in [-0.25, -0.2) is 0 Å². The van der Waals surface area contributed by atoms with Crippen LogP contribution in [0.5, 0.6) is 0 Å². The summed E-state index contributed by atoms with van der Waals surface area (Å²) < 4.78 is 3.99. The molecule has 0 spiro atoms. The van der Waals surface area contributed by atoms with Crippen LogP contribution in [-0.4, -0.2) is 19.6 Å². The molecule has 2 aromatic heterocycles. The Labute approximate surface area is 132 Å². The second kappa shape index (κ2) is 6.10. The minimum atomic E-state index is 0. The molecule has 116 valence electrons.